The summed E-state index contributed by atoms with van der Waals surface area (Å²) >= 11 is 0. The summed E-state index contributed by atoms with van der Waals surface area (Å²) in [5.41, 5.74) is 1.14. The minimum atomic E-state index is -0.631. The number of epoxide rings is 1. The SMILES string of the molecule is C[C@H]1OC12C=Cc1ccccc1C2=O. The number of Topliss-reactive ketones (excluding diaryl/α,β-unsaturated/α-hetero) is 1. The molecule has 1 aliphatic carbocycles. The second-order valence-electron chi connectivity index (χ2n) is 3.80. The molecule has 1 fully saturated rings. The predicted octanol–water partition coefficient (Wildman–Crippen LogP) is 2.05. The summed E-state index contributed by atoms with van der Waals surface area (Å²) in [6.45, 7) is 1.93. The van der Waals surface area contributed by atoms with Crippen molar-refractivity contribution >= 4 is 11.9 Å². The van der Waals surface area contributed by atoms with Crippen LogP contribution in [0, 0.1) is 0 Å². The highest BCUT2D eigenvalue weighted by Crippen LogP contribution is 2.44. The summed E-state index contributed by atoms with van der Waals surface area (Å²) in [4.78, 5) is 12.0. The highest BCUT2D eigenvalue weighted by molar-refractivity contribution is 6.11. The topological polar surface area (TPSA) is 29.6 Å². The maximum atomic E-state index is 12.0. The van der Waals surface area contributed by atoms with Gasteiger partial charge in [-0.05, 0) is 18.6 Å². The molecule has 1 spiro atoms. The first-order chi connectivity index (χ1) is 6.74. The molecule has 0 N–H and O–H groups in total. The molecule has 1 aliphatic heterocycles. The number of carbonyl (C=O) groups is 1. The van der Waals surface area contributed by atoms with Crippen molar-refractivity contribution in [2.24, 2.45) is 0 Å². The lowest BCUT2D eigenvalue weighted by Crippen LogP contribution is -2.27. The monoisotopic (exact) mass is 186 g/mol. The quantitative estimate of drug-likeness (QED) is 0.580. The average Bonchev–Trinajstić information content (AvgIpc) is 2.86. The minimum absolute atomic E-state index is 0.0274. The first-order valence-electron chi connectivity index (χ1n) is 4.75. The lowest BCUT2D eigenvalue weighted by Gasteiger charge is -2.14. The van der Waals surface area contributed by atoms with Gasteiger partial charge in [-0.3, -0.25) is 4.79 Å². The molecule has 2 aliphatic rings. The van der Waals surface area contributed by atoms with Crippen molar-refractivity contribution in [3.8, 4) is 0 Å². The molecule has 1 aromatic carbocycles. The minimum Gasteiger partial charge on any atom is -0.353 e. The van der Waals surface area contributed by atoms with E-state index in [0.717, 1.165) is 11.1 Å². The van der Waals surface area contributed by atoms with Crippen LogP contribution in [0.4, 0.5) is 0 Å². The van der Waals surface area contributed by atoms with Crippen LogP contribution in [-0.4, -0.2) is 17.5 Å². The molecule has 14 heavy (non-hydrogen) atoms. The van der Waals surface area contributed by atoms with E-state index in [1.54, 1.807) is 0 Å². The fourth-order valence-corrected chi connectivity index (χ4v) is 2.02. The van der Waals surface area contributed by atoms with Crippen molar-refractivity contribution in [2.45, 2.75) is 18.6 Å². The van der Waals surface area contributed by atoms with Crippen LogP contribution in [0.1, 0.15) is 22.8 Å². The second-order valence-corrected chi connectivity index (χ2v) is 3.80. The molecule has 1 unspecified atom stereocenters. The highest BCUT2D eigenvalue weighted by atomic mass is 16.6. The largest absolute Gasteiger partial charge is 0.353 e. The van der Waals surface area contributed by atoms with E-state index in [0.29, 0.717) is 0 Å². The van der Waals surface area contributed by atoms with E-state index in [1.807, 2.05) is 43.3 Å². The van der Waals surface area contributed by atoms with Gasteiger partial charge in [-0.15, -0.1) is 0 Å². The van der Waals surface area contributed by atoms with Crippen LogP contribution in [0.15, 0.2) is 30.3 Å². The third-order valence-corrected chi connectivity index (χ3v) is 2.99. The van der Waals surface area contributed by atoms with Crippen LogP contribution >= 0.6 is 0 Å². The number of ether oxygens (including phenoxy) is 1. The zero-order chi connectivity index (χ0) is 9.76. The third-order valence-electron chi connectivity index (χ3n) is 2.99. The van der Waals surface area contributed by atoms with Gasteiger partial charge in [-0.2, -0.15) is 0 Å². The first-order valence-corrected chi connectivity index (χ1v) is 4.75. The Balaban J connectivity index is 2.16. The molecule has 1 saturated heterocycles. The van der Waals surface area contributed by atoms with Crippen molar-refractivity contribution in [3.63, 3.8) is 0 Å². The predicted molar refractivity (Wildman–Crippen MR) is 53.1 cm³/mol. The van der Waals surface area contributed by atoms with Crippen LogP contribution in [0.3, 0.4) is 0 Å². The lowest BCUT2D eigenvalue weighted by atomic mass is 9.86. The Morgan fingerprint density at radius 3 is 2.79 bits per heavy atom. The average molecular weight is 186 g/mol. The smallest absolute Gasteiger partial charge is 0.201 e. The Kier molecular flexibility index (Phi) is 1.33. The molecule has 0 saturated carbocycles. The Morgan fingerprint density at radius 2 is 2.07 bits per heavy atom. The molecular weight excluding hydrogens is 176 g/mol. The number of fused-ring (bicyclic) bond motifs is 1. The van der Waals surface area contributed by atoms with Crippen molar-refractivity contribution in [1.29, 1.82) is 0 Å². The van der Waals surface area contributed by atoms with Crippen LogP contribution in [0.25, 0.3) is 6.08 Å². The Hall–Kier alpha value is -1.41. The summed E-state index contributed by atoms with van der Waals surface area (Å²) in [6, 6.07) is 7.63. The first kappa shape index (κ1) is 7.94. The molecule has 0 radical (unpaired) electrons. The van der Waals surface area contributed by atoms with Crippen LogP contribution in [-0.2, 0) is 4.74 Å². The zero-order valence-corrected chi connectivity index (χ0v) is 7.86. The normalized spacial score (nSPS) is 33.2. The van der Waals surface area contributed by atoms with E-state index in [4.69, 9.17) is 4.74 Å². The molecule has 1 heterocycles. The zero-order valence-electron chi connectivity index (χ0n) is 7.86. The van der Waals surface area contributed by atoms with Crippen molar-refractivity contribution in [2.75, 3.05) is 0 Å². The van der Waals surface area contributed by atoms with E-state index in [2.05, 4.69) is 0 Å². The molecular formula is C12H10O2. The molecule has 0 aromatic heterocycles. The van der Waals surface area contributed by atoms with Gasteiger partial charge in [0.1, 0.15) is 0 Å². The number of benzene rings is 1. The van der Waals surface area contributed by atoms with Gasteiger partial charge in [0.25, 0.3) is 0 Å². The standard InChI is InChI=1S/C12H10O2/c1-8-12(14-8)7-6-9-4-2-3-5-10(9)11(12)13/h2-8H,1H3/t8-,12?/m1/s1. The highest BCUT2D eigenvalue weighted by Gasteiger charge is 2.59. The molecule has 3 rings (SSSR count). The van der Waals surface area contributed by atoms with Gasteiger partial charge in [0.05, 0.1) is 6.10 Å². The van der Waals surface area contributed by atoms with Crippen LogP contribution in [0.2, 0.25) is 0 Å². The molecule has 2 heteroatoms. The van der Waals surface area contributed by atoms with E-state index in [-0.39, 0.29) is 11.9 Å². The van der Waals surface area contributed by atoms with Gasteiger partial charge in [0.15, 0.2) is 5.60 Å². The second kappa shape index (κ2) is 2.34. The van der Waals surface area contributed by atoms with Gasteiger partial charge in [0, 0.05) is 5.56 Å². The molecule has 2 atom stereocenters. The van der Waals surface area contributed by atoms with Gasteiger partial charge in [0.2, 0.25) is 5.78 Å². The van der Waals surface area contributed by atoms with Gasteiger partial charge < -0.3 is 4.74 Å². The maximum absolute atomic E-state index is 12.0. The van der Waals surface area contributed by atoms with Gasteiger partial charge in [-0.1, -0.05) is 30.3 Å². The van der Waals surface area contributed by atoms with Crippen LogP contribution in [0.5, 0.6) is 0 Å². The molecule has 70 valence electrons. The number of hydrogen-bond acceptors (Lipinski definition) is 2. The fourth-order valence-electron chi connectivity index (χ4n) is 2.02. The summed E-state index contributed by atoms with van der Waals surface area (Å²) in [5, 5.41) is 0. The van der Waals surface area contributed by atoms with Crippen molar-refractivity contribution in [1.82, 2.24) is 0 Å². The molecule has 2 nitrogen and oxygen atoms in total. The van der Waals surface area contributed by atoms with Crippen molar-refractivity contribution in [3.05, 3.63) is 41.5 Å². The third kappa shape index (κ3) is 0.814. The summed E-state index contributed by atoms with van der Waals surface area (Å²) in [7, 11) is 0. The Morgan fingerprint density at radius 1 is 1.36 bits per heavy atom. The Labute approximate surface area is 82.2 Å². The van der Waals surface area contributed by atoms with E-state index >= 15 is 0 Å². The number of rotatable bonds is 0. The number of ketones is 1. The number of carbonyl (C=O) groups excluding carboxylic acids is 1. The summed E-state index contributed by atoms with van der Waals surface area (Å²) in [5.74, 6) is 0.100. The number of hydrogen-bond donors (Lipinski definition) is 0. The van der Waals surface area contributed by atoms with Gasteiger partial charge in [-0.25, -0.2) is 0 Å². The molecule has 0 bridgehead atoms. The molecule has 1 aromatic rings. The van der Waals surface area contributed by atoms with Crippen LogP contribution < -0.4 is 0 Å². The maximum Gasteiger partial charge on any atom is 0.201 e. The summed E-state index contributed by atoms with van der Waals surface area (Å²) < 4.78 is 5.38. The fraction of sp³-hybridized carbons (Fsp3) is 0.250. The Bertz CT molecular complexity index is 447. The van der Waals surface area contributed by atoms with E-state index in [1.165, 1.54) is 0 Å². The van der Waals surface area contributed by atoms with Gasteiger partial charge >= 0.3 is 0 Å². The van der Waals surface area contributed by atoms with E-state index < -0.39 is 5.60 Å². The lowest BCUT2D eigenvalue weighted by molar-refractivity contribution is 0.0907. The van der Waals surface area contributed by atoms with E-state index in [9.17, 15) is 4.79 Å². The van der Waals surface area contributed by atoms with Crippen molar-refractivity contribution < 1.29 is 9.53 Å². The molecule has 0 amide bonds. The summed E-state index contributed by atoms with van der Waals surface area (Å²) in [6.07, 6.45) is 3.88.